The van der Waals surface area contributed by atoms with E-state index in [-0.39, 0.29) is 5.91 Å². The summed E-state index contributed by atoms with van der Waals surface area (Å²) in [6.45, 7) is 5.44. The Morgan fingerprint density at radius 3 is 2.62 bits per heavy atom. The van der Waals surface area contributed by atoms with Crippen molar-refractivity contribution in [3.05, 3.63) is 35.7 Å². The first kappa shape index (κ1) is 14.6. The van der Waals surface area contributed by atoms with Gasteiger partial charge in [-0.15, -0.1) is 0 Å². The number of quaternary nitrogens is 1. The second-order valence-electron chi connectivity index (χ2n) is 3.21. The molecule has 4 nitrogen and oxygen atoms in total. The van der Waals surface area contributed by atoms with Crippen LogP contribution in [0.3, 0.4) is 0 Å². The molecule has 0 heterocycles. The minimum Gasteiger partial charge on any atom is -0.322 e. The van der Waals surface area contributed by atoms with E-state index in [2.05, 4.69) is 5.32 Å². The van der Waals surface area contributed by atoms with E-state index >= 15 is 0 Å². The minimum atomic E-state index is -0.0874. The summed E-state index contributed by atoms with van der Waals surface area (Å²) in [4.78, 5) is 16.1. The van der Waals surface area contributed by atoms with Crippen LogP contribution in [0.2, 0.25) is 0 Å². The van der Waals surface area contributed by atoms with E-state index in [4.69, 9.17) is 4.84 Å². The number of amides is 1. The smallest absolute Gasteiger partial charge is 0.221 e. The number of nitrogens with two attached hydrogens (primary N) is 1. The van der Waals surface area contributed by atoms with E-state index in [1.165, 1.54) is 6.92 Å². The molecule has 0 radical (unpaired) electrons. The van der Waals surface area contributed by atoms with Crippen LogP contribution in [0, 0.1) is 0 Å². The summed E-state index contributed by atoms with van der Waals surface area (Å²) < 4.78 is 0. The predicted molar refractivity (Wildman–Crippen MR) is 64.0 cm³/mol. The minimum absolute atomic E-state index is 0.0874. The van der Waals surface area contributed by atoms with Gasteiger partial charge >= 0.3 is 0 Å². The maximum Gasteiger partial charge on any atom is 0.221 e. The molecule has 0 spiro atoms. The first-order valence-corrected chi connectivity index (χ1v) is 5.32. The Hall–Kier alpha value is -1.39. The van der Waals surface area contributed by atoms with Crippen molar-refractivity contribution in [3.8, 4) is 0 Å². The number of carbonyl (C=O) groups is 1. The molecule has 1 amide bonds. The van der Waals surface area contributed by atoms with E-state index in [1.807, 2.05) is 38.2 Å². The van der Waals surface area contributed by atoms with Gasteiger partial charge in [0.25, 0.3) is 0 Å². The Labute approximate surface area is 97.0 Å². The summed E-state index contributed by atoms with van der Waals surface area (Å²) in [5, 5.41) is 2.78. The van der Waals surface area contributed by atoms with Crippen molar-refractivity contribution in [3.63, 3.8) is 0 Å². The molecule has 0 atom stereocenters. The molecule has 0 unspecified atom stereocenters. The van der Waals surface area contributed by atoms with Crippen molar-refractivity contribution in [1.29, 1.82) is 0 Å². The van der Waals surface area contributed by atoms with Crippen LogP contribution in [0.25, 0.3) is 0 Å². The van der Waals surface area contributed by atoms with Gasteiger partial charge in [-0.3, -0.25) is 4.79 Å². The number of hydrogen-bond donors (Lipinski definition) is 2. The van der Waals surface area contributed by atoms with Crippen LogP contribution in [-0.4, -0.2) is 13.0 Å². The van der Waals surface area contributed by atoms with Crippen LogP contribution in [0.15, 0.2) is 35.7 Å². The third kappa shape index (κ3) is 6.16. The van der Waals surface area contributed by atoms with Crippen molar-refractivity contribution in [1.82, 2.24) is 5.32 Å². The third-order valence-electron chi connectivity index (χ3n) is 1.74. The summed E-state index contributed by atoms with van der Waals surface area (Å²) in [7, 11) is 1.58. The average molecular weight is 225 g/mol. The standard InChI is InChI=1S/C12H20N2O2/c1-5-7-9-12(14-16-4)11(8-6-2)13-10(3)15/h5,7-9,14H,6H2,1-4H3,(H,13,15)/p+1/b7-5-,11-8+,12-9+. The zero-order valence-corrected chi connectivity index (χ0v) is 10.4. The SMILES string of the molecule is C\C=C/C=C([NH2+]OC)\C(=C/CC)NC(C)=O. The maximum absolute atomic E-state index is 11.1. The lowest BCUT2D eigenvalue weighted by atomic mass is 10.2. The van der Waals surface area contributed by atoms with Gasteiger partial charge in [0.2, 0.25) is 5.91 Å². The van der Waals surface area contributed by atoms with E-state index < -0.39 is 0 Å². The summed E-state index contributed by atoms with van der Waals surface area (Å²) in [5.74, 6) is -0.0874. The van der Waals surface area contributed by atoms with Crippen LogP contribution in [0.1, 0.15) is 27.2 Å². The molecule has 0 saturated carbocycles. The molecule has 0 aliphatic heterocycles. The van der Waals surface area contributed by atoms with Crippen molar-refractivity contribution < 1.29 is 15.1 Å². The highest BCUT2D eigenvalue weighted by Crippen LogP contribution is 2.01. The normalized spacial score (nSPS) is 13.2. The highest BCUT2D eigenvalue weighted by atomic mass is 16.6. The average Bonchev–Trinajstić information content (AvgIpc) is 2.23. The quantitative estimate of drug-likeness (QED) is 0.523. The third-order valence-corrected chi connectivity index (χ3v) is 1.74. The molecule has 0 aromatic carbocycles. The Kier molecular flexibility index (Phi) is 8.11. The van der Waals surface area contributed by atoms with Crippen molar-refractivity contribution in [2.24, 2.45) is 0 Å². The van der Waals surface area contributed by atoms with Crippen LogP contribution < -0.4 is 10.8 Å². The summed E-state index contributed by atoms with van der Waals surface area (Å²) in [5.41, 5.74) is 3.23. The van der Waals surface area contributed by atoms with Gasteiger partial charge in [0.05, 0.1) is 7.11 Å². The second-order valence-corrected chi connectivity index (χ2v) is 3.21. The molecule has 90 valence electrons. The highest BCUT2D eigenvalue weighted by Gasteiger charge is 2.09. The Morgan fingerprint density at radius 1 is 1.50 bits per heavy atom. The summed E-state index contributed by atoms with van der Waals surface area (Å²) in [6, 6.07) is 0. The number of carbonyl (C=O) groups excluding carboxylic acids is 1. The second kappa shape index (κ2) is 8.88. The molecular formula is C12H21N2O2+. The summed E-state index contributed by atoms with van der Waals surface area (Å²) in [6.07, 6.45) is 8.50. The van der Waals surface area contributed by atoms with Gasteiger partial charge in [0.15, 0.2) is 5.70 Å². The molecule has 3 N–H and O–H groups in total. The van der Waals surface area contributed by atoms with Gasteiger partial charge in [-0.2, -0.15) is 5.48 Å². The van der Waals surface area contributed by atoms with E-state index in [0.717, 1.165) is 17.8 Å². The lowest BCUT2D eigenvalue weighted by Crippen LogP contribution is -2.81. The largest absolute Gasteiger partial charge is 0.322 e. The number of allylic oxidation sites excluding steroid dienone is 4. The van der Waals surface area contributed by atoms with Gasteiger partial charge < -0.3 is 5.32 Å². The molecule has 0 aromatic rings. The van der Waals surface area contributed by atoms with E-state index in [1.54, 1.807) is 12.6 Å². The van der Waals surface area contributed by atoms with Crippen LogP contribution >= 0.6 is 0 Å². The van der Waals surface area contributed by atoms with Crippen molar-refractivity contribution >= 4 is 5.91 Å². The van der Waals surface area contributed by atoms with Crippen molar-refractivity contribution in [2.45, 2.75) is 27.2 Å². The Balaban J connectivity index is 4.94. The fourth-order valence-electron chi connectivity index (χ4n) is 1.15. The zero-order valence-electron chi connectivity index (χ0n) is 10.4. The molecule has 4 heteroatoms. The van der Waals surface area contributed by atoms with Gasteiger partial charge in [0, 0.05) is 13.0 Å². The number of hydroxylamine groups is 1. The van der Waals surface area contributed by atoms with E-state index in [9.17, 15) is 4.79 Å². The molecule has 0 fully saturated rings. The van der Waals surface area contributed by atoms with E-state index in [0.29, 0.717) is 0 Å². The van der Waals surface area contributed by atoms with Crippen LogP contribution in [0.5, 0.6) is 0 Å². The topological polar surface area (TPSA) is 54.9 Å². The number of rotatable bonds is 6. The van der Waals surface area contributed by atoms with Crippen LogP contribution in [0.4, 0.5) is 0 Å². The zero-order chi connectivity index (χ0) is 12.4. The first-order chi connectivity index (χ1) is 7.65. The lowest BCUT2D eigenvalue weighted by Gasteiger charge is -2.08. The first-order valence-electron chi connectivity index (χ1n) is 5.32. The molecule has 0 saturated heterocycles. The van der Waals surface area contributed by atoms with Crippen molar-refractivity contribution in [2.75, 3.05) is 7.11 Å². The predicted octanol–water partition coefficient (Wildman–Crippen LogP) is 1.00. The fraction of sp³-hybridized carbons (Fsp3) is 0.417. The Bertz CT molecular complexity index is 304. The molecule has 16 heavy (non-hydrogen) atoms. The van der Waals surface area contributed by atoms with Gasteiger partial charge in [-0.25, -0.2) is 4.84 Å². The van der Waals surface area contributed by atoms with Crippen LogP contribution in [-0.2, 0) is 9.63 Å². The highest BCUT2D eigenvalue weighted by molar-refractivity contribution is 5.75. The monoisotopic (exact) mass is 225 g/mol. The molecular weight excluding hydrogens is 204 g/mol. The molecule has 0 aromatic heterocycles. The van der Waals surface area contributed by atoms with Gasteiger partial charge in [-0.1, -0.05) is 25.2 Å². The van der Waals surface area contributed by atoms with Gasteiger partial charge in [-0.05, 0) is 13.3 Å². The fourth-order valence-corrected chi connectivity index (χ4v) is 1.15. The Morgan fingerprint density at radius 2 is 2.19 bits per heavy atom. The molecule has 0 bridgehead atoms. The molecule has 0 aliphatic rings. The summed E-state index contributed by atoms with van der Waals surface area (Å²) >= 11 is 0. The molecule has 0 rings (SSSR count). The van der Waals surface area contributed by atoms with Gasteiger partial charge in [0.1, 0.15) is 5.70 Å². The molecule has 0 aliphatic carbocycles. The number of nitrogens with one attached hydrogen (secondary N) is 1. The maximum atomic E-state index is 11.1. The lowest BCUT2D eigenvalue weighted by molar-refractivity contribution is -0.853. The number of hydrogen-bond acceptors (Lipinski definition) is 2.